The van der Waals surface area contributed by atoms with Gasteiger partial charge in [-0.15, -0.1) is 24.8 Å². The van der Waals surface area contributed by atoms with Gasteiger partial charge in [-0.25, -0.2) is 0 Å². The number of carbonyl (C=O) groups is 1. The summed E-state index contributed by atoms with van der Waals surface area (Å²) in [6, 6.07) is 8.12. The van der Waals surface area contributed by atoms with Gasteiger partial charge in [0.2, 0.25) is 0 Å². The van der Waals surface area contributed by atoms with Gasteiger partial charge in [0.15, 0.2) is 5.78 Å². The quantitative estimate of drug-likeness (QED) is 0.810. The monoisotopic (exact) mass is 382 g/mol. The van der Waals surface area contributed by atoms with E-state index in [9.17, 15) is 4.79 Å². The van der Waals surface area contributed by atoms with E-state index < -0.39 is 0 Å². The molecule has 2 rings (SSSR count). The molecular formula is C14H21BrCl2N2O. The van der Waals surface area contributed by atoms with Gasteiger partial charge in [0.1, 0.15) is 0 Å². The van der Waals surface area contributed by atoms with Crippen LogP contribution in [0.3, 0.4) is 0 Å². The molecule has 114 valence electrons. The number of rotatable bonds is 4. The fourth-order valence-electron chi connectivity index (χ4n) is 2.24. The van der Waals surface area contributed by atoms with Gasteiger partial charge in [0.25, 0.3) is 0 Å². The van der Waals surface area contributed by atoms with E-state index in [2.05, 4.69) is 33.1 Å². The van der Waals surface area contributed by atoms with E-state index in [4.69, 9.17) is 0 Å². The summed E-state index contributed by atoms with van der Waals surface area (Å²) in [5.41, 5.74) is 0.806. The molecule has 1 aliphatic heterocycles. The van der Waals surface area contributed by atoms with E-state index in [1.165, 1.54) is 0 Å². The van der Waals surface area contributed by atoms with Gasteiger partial charge >= 0.3 is 0 Å². The molecule has 1 aromatic rings. The summed E-state index contributed by atoms with van der Waals surface area (Å²) in [5, 5.41) is 3.36. The molecule has 1 aliphatic rings. The third-order valence-electron chi connectivity index (χ3n) is 3.43. The lowest BCUT2D eigenvalue weighted by molar-refractivity contribution is 0.0942. The highest BCUT2D eigenvalue weighted by molar-refractivity contribution is 9.10. The van der Waals surface area contributed by atoms with E-state index in [0.717, 1.165) is 36.2 Å². The standard InChI is InChI=1S/C14H19BrN2O.2ClH/c1-11-10-16-7-9-17(11)8-6-14(18)12-2-4-13(15)5-3-12;;/h2-5,11,16H,6-10H2,1H3;2*1H. The molecule has 0 spiro atoms. The Balaban J connectivity index is 0.00000180. The highest BCUT2D eigenvalue weighted by Gasteiger charge is 2.18. The molecule has 1 fully saturated rings. The zero-order chi connectivity index (χ0) is 13.0. The van der Waals surface area contributed by atoms with Crippen LogP contribution in [0, 0.1) is 0 Å². The lowest BCUT2D eigenvalue weighted by Crippen LogP contribution is -2.50. The lowest BCUT2D eigenvalue weighted by atomic mass is 10.1. The Bertz CT molecular complexity index is 414. The Kier molecular flexibility index (Phi) is 9.68. The largest absolute Gasteiger partial charge is 0.314 e. The first kappa shape index (κ1) is 19.9. The summed E-state index contributed by atoms with van der Waals surface area (Å²) in [6.07, 6.45) is 0.603. The fraction of sp³-hybridized carbons (Fsp3) is 0.500. The Morgan fingerprint density at radius 2 is 2.00 bits per heavy atom. The van der Waals surface area contributed by atoms with E-state index >= 15 is 0 Å². The van der Waals surface area contributed by atoms with Crippen LogP contribution in [0.15, 0.2) is 28.7 Å². The minimum absolute atomic E-state index is 0. The lowest BCUT2D eigenvalue weighted by Gasteiger charge is -2.33. The van der Waals surface area contributed by atoms with E-state index in [1.54, 1.807) is 0 Å². The predicted molar refractivity (Wildman–Crippen MR) is 91.5 cm³/mol. The molecule has 0 bridgehead atoms. The summed E-state index contributed by atoms with van der Waals surface area (Å²) in [7, 11) is 0. The first-order valence-electron chi connectivity index (χ1n) is 6.40. The van der Waals surface area contributed by atoms with E-state index in [1.807, 2.05) is 24.3 Å². The molecule has 1 unspecified atom stereocenters. The maximum atomic E-state index is 12.0. The number of carbonyl (C=O) groups excluding carboxylic acids is 1. The molecule has 1 aromatic carbocycles. The number of nitrogens with zero attached hydrogens (tertiary/aromatic N) is 1. The van der Waals surface area contributed by atoms with Crippen molar-refractivity contribution in [2.45, 2.75) is 19.4 Å². The molecule has 20 heavy (non-hydrogen) atoms. The van der Waals surface area contributed by atoms with Crippen molar-refractivity contribution in [1.82, 2.24) is 10.2 Å². The van der Waals surface area contributed by atoms with E-state index in [0.29, 0.717) is 12.5 Å². The Hall–Kier alpha value is -0.130. The summed E-state index contributed by atoms with van der Waals surface area (Å²) < 4.78 is 1.01. The number of hydrogen-bond acceptors (Lipinski definition) is 3. The fourth-order valence-corrected chi connectivity index (χ4v) is 2.50. The summed E-state index contributed by atoms with van der Waals surface area (Å²) >= 11 is 3.38. The van der Waals surface area contributed by atoms with Gasteiger partial charge in [-0.05, 0) is 19.1 Å². The average molecular weight is 384 g/mol. The van der Waals surface area contributed by atoms with Crippen molar-refractivity contribution < 1.29 is 4.79 Å². The minimum Gasteiger partial charge on any atom is -0.314 e. The topological polar surface area (TPSA) is 32.3 Å². The van der Waals surface area contributed by atoms with Gasteiger partial charge in [0.05, 0.1) is 0 Å². The van der Waals surface area contributed by atoms with Crippen LogP contribution in [0.1, 0.15) is 23.7 Å². The number of nitrogens with one attached hydrogen (secondary N) is 1. The maximum absolute atomic E-state index is 12.0. The van der Waals surface area contributed by atoms with Gasteiger partial charge in [0, 0.05) is 48.7 Å². The molecule has 0 aromatic heterocycles. The maximum Gasteiger partial charge on any atom is 0.164 e. The first-order chi connectivity index (χ1) is 8.66. The van der Waals surface area contributed by atoms with Gasteiger partial charge < -0.3 is 5.32 Å². The third kappa shape index (κ3) is 5.70. The third-order valence-corrected chi connectivity index (χ3v) is 3.96. The number of benzene rings is 1. The molecule has 1 N–H and O–H groups in total. The van der Waals surface area contributed by atoms with Crippen LogP contribution in [0.5, 0.6) is 0 Å². The minimum atomic E-state index is 0. The molecule has 0 amide bonds. The zero-order valence-electron chi connectivity index (χ0n) is 11.5. The molecule has 1 atom stereocenters. The number of Topliss-reactive ketones (excluding diaryl/α,β-unsaturated/α-hetero) is 1. The van der Waals surface area contributed by atoms with E-state index in [-0.39, 0.29) is 30.6 Å². The summed E-state index contributed by atoms with van der Waals surface area (Å²) in [6.45, 7) is 6.14. The molecule has 6 heteroatoms. The van der Waals surface area contributed by atoms with Crippen LogP contribution < -0.4 is 5.32 Å². The normalized spacial score (nSPS) is 18.8. The van der Waals surface area contributed by atoms with Crippen molar-refractivity contribution in [3.63, 3.8) is 0 Å². The van der Waals surface area contributed by atoms with Crippen LogP contribution in [-0.4, -0.2) is 42.9 Å². The van der Waals surface area contributed by atoms with Crippen molar-refractivity contribution in [3.05, 3.63) is 34.3 Å². The van der Waals surface area contributed by atoms with Crippen LogP contribution in [0.2, 0.25) is 0 Å². The number of ketones is 1. The number of halogens is 3. The SMILES string of the molecule is CC1CNCCN1CCC(=O)c1ccc(Br)cc1.Cl.Cl. The second kappa shape index (κ2) is 9.74. The highest BCUT2D eigenvalue weighted by Crippen LogP contribution is 2.12. The van der Waals surface area contributed by atoms with Crippen LogP contribution in [0.25, 0.3) is 0 Å². The van der Waals surface area contributed by atoms with Crippen molar-refractivity contribution >= 4 is 46.5 Å². The van der Waals surface area contributed by atoms with Gasteiger partial charge in [-0.1, -0.05) is 28.1 Å². The van der Waals surface area contributed by atoms with Crippen LogP contribution >= 0.6 is 40.7 Å². The van der Waals surface area contributed by atoms with Gasteiger partial charge in [-0.3, -0.25) is 9.69 Å². The van der Waals surface area contributed by atoms with Crippen molar-refractivity contribution in [2.75, 3.05) is 26.2 Å². The van der Waals surface area contributed by atoms with Crippen molar-refractivity contribution in [1.29, 1.82) is 0 Å². The summed E-state index contributed by atoms with van der Waals surface area (Å²) in [4.78, 5) is 14.4. The molecular weight excluding hydrogens is 363 g/mol. The number of hydrogen-bond donors (Lipinski definition) is 1. The summed E-state index contributed by atoms with van der Waals surface area (Å²) in [5.74, 6) is 0.230. The van der Waals surface area contributed by atoms with Gasteiger partial charge in [-0.2, -0.15) is 0 Å². The smallest absolute Gasteiger partial charge is 0.164 e. The molecule has 0 aliphatic carbocycles. The second-order valence-corrected chi connectivity index (χ2v) is 5.68. The second-order valence-electron chi connectivity index (χ2n) is 4.77. The zero-order valence-corrected chi connectivity index (χ0v) is 14.7. The molecule has 1 saturated heterocycles. The first-order valence-corrected chi connectivity index (χ1v) is 7.19. The van der Waals surface area contributed by atoms with Crippen molar-refractivity contribution in [3.8, 4) is 0 Å². The number of piperazine rings is 1. The Labute approximate surface area is 141 Å². The predicted octanol–water partition coefficient (Wildman–Crippen LogP) is 3.16. The Morgan fingerprint density at radius 1 is 1.35 bits per heavy atom. The Morgan fingerprint density at radius 3 is 2.60 bits per heavy atom. The highest BCUT2D eigenvalue weighted by atomic mass is 79.9. The molecule has 1 heterocycles. The molecule has 0 radical (unpaired) electrons. The molecule has 3 nitrogen and oxygen atoms in total. The molecule has 0 saturated carbocycles. The average Bonchev–Trinajstić information content (AvgIpc) is 2.38. The van der Waals surface area contributed by atoms with Crippen molar-refractivity contribution in [2.24, 2.45) is 0 Å². The van der Waals surface area contributed by atoms with Crippen LogP contribution in [0.4, 0.5) is 0 Å². The van der Waals surface area contributed by atoms with Crippen LogP contribution in [-0.2, 0) is 0 Å².